The van der Waals surface area contributed by atoms with Gasteiger partial charge in [0.1, 0.15) is 4.47 Å². The quantitative estimate of drug-likeness (QED) is 0.797. The number of halogens is 2. The number of rotatable bonds is 1. The van der Waals surface area contributed by atoms with Crippen molar-refractivity contribution in [3.8, 4) is 5.69 Å². The number of benzene rings is 1. The lowest BCUT2D eigenvalue weighted by atomic mass is 10.2. The first-order valence-corrected chi connectivity index (χ1v) is 6.18. The molecule has 0 saturated heterocycles. The van der Waals surface area contributed by atoms with E-state index in [9.17, 15) is 4.79 Å². The summed E-state index contributed by atoms with van der Waals surface area (Å²) < 4.78 is 2.49. The average molecular weight is 344 g/mol. The standard InChI is InChI=1S/C11H8Br2N2O/c1-7-3-2-4-8(5-7)15-11(16)10(13)9(12)6-14-15/h2-6H,1H3. The molecule has 1 aromatic carbocycles. The second kappa shape index (κ2) is 4.51. The summed E-state index contributed by atoms with van der Waals surface area (Å²) in [5, 5.41) is 4.08. The van der Waals surface area contributed by atoms with Crippen molar-refractivity contribution in [1.82, 2.24) is 9.78 Å². The second-order valence-corrected chi connectivity index (χ2v) is 5.01. The Kier molecular flexibility index (Phi) is 3.25. The van der Waals surface area contributed by atoms with Crippen LogP contribution in [0.4, 0.5) is 0 Å². The van der Waals surface area contributed by atoms with Gasteiger partial charge in [-0.2, -0.15) is 9.78 Å². The maximum atomic E-state index is 11.9. The minimum Gasteiger partial charge on any atom is -0.266 e. The molecule has 0 unspecified atom stereocenters. The molecule has 0 amide bonds. The van der Waals surface area contributed by atoms with Gasteiger partial charge in [0, 0.05) is 0 Å². The molecule has 2 rings (SSSR count). The van der Waals surface area contributed by atoms with Crippen molar-refractivity contribution >= 4 is 31.9 Å². The summed E-state index contributed by atoms with van der Waals surface area (Å²) >= 11 is 6.47. The van der Waals surface area contributed by atoms with Crippen LogP contribution in [0.5, 0.6) is 0 Å². The molecule has 0 saturated carbocycles. The van der Waals surface area contributed by atoms with Crippen LogP contribution in [0.3, 0.4) is 0 Å². The molecule has 0 fully saturated rings. The lowest BCUT2D eigenvalue weighted by molar-refractivity contribution is 0.795. The first-order valence-electron chi connectivity index (χ1n) is 4.60. The Hall–Kier alpha value is -0.940. The van der Waals surface area contributed by atoms with Crippen LogP contribution < -0.4 is 5.56 Å². The van der Waals surface area contributed by atoms with Gasteiger partial charge in [-0.1, -0.05) is 12.1 Å². The van der Waals surface area contributed by atoms with Crippen molar-refractivity contribution in [2.24, 2.45) is 0 Å². The van der Waals surface area contributed by atoms with Gasteiger partial charge in [-0.25, -0.2) is 0 Å². The van der Waals surface area contributed by atoms with Gasteiger partial charge in [0.05, 0.1) is 16.4 Å². The van der Waals surface area contributed by atoms with Gasteiger partial charge < -0.3 is 0 Å². The number of nitrogens with zero attached hydrogens (tertiary/aromatic N) is 2. The fourth-order valence-corrected chi connectivity index (χ4v) is 1.89. The van der Waals surface area contributed by atoms with E-state index in [1.54, 1.807) is 6.20 Å². The molecular weight excluding hydrogens is 336 g/mol. The lowest BCUT2D eigenvalue weighted by Gasteiger charge is -2.06. The van der Waals surface area contributed by atoms with E-state index in [0.717, 1.165) is 11.3 Å². The summed E-state index contributed by atoms with van der Waals surface area (Å²) in [5.41, 5.74) is 1.67. The van der Waals surface area contributed by atoms with Crippen LogP contribution in [0.15, 0.2) is 44.2 Å². The third-order valence-corrected chi connectivity index (χ3v) is 4.02. The summed E-state index contributed by atoms with van der Waals surface area (Å²) in [6.07, 6.45) is 1.59. The van der Waals surface area contributed by atoms with Crippen molar-refractivity contribution in [2.45, 2.75) is 6.92 Å². The highest BCUT2D eigenvalue weighted by Crippen LogP contribution is 2.17. The topological polar surface area (TPSA) is 34.9 Å². The van der Waals surface area contributed by atoms with Crippen molar-refractivity contribution in [3.05, 3.63) is 55.3 Å². The van der Waals surface area contributed by atoms with E-state index in [0.29, 0.717) is 8.95 Å². The molecule has 0 spiro atoms. The van der Waals surface area contributed by atoms with Crippen molar-refractivity contribution in [2.75, 3.05) is 0 Å². The Labute approximate surface area is 109 Å². The first kappa shape index (κ1) is 11.5. The predicted molar refractivity (Wildman–Crippen MR) is 70.0 cm³/mol. The van der Waals surface area contributed by atoms with E-state index in [2.05, 4.69) is 37.0 Å². The van der Waals surface area contributed by atoms with Crippen LogP contribution in [-0.2, 0) is 0 Å². The molecule has 1 heterocycles. The predicted octanol–water partition coefficient (Wildman–Crippen LogP) is 3.07. The monoisotopic (exact) mass is 342 g/mol. The van der Waals surface area contributed by atoms with Crippen molar-refractivity contribution < 1.29 is 0 Å². The zero-order chi connectivity index (χ0) is 11.7. The summed E-state index contributed by atoms with van der Waals surface area (Å²) in [6, 6.07) is 7.63. The van der Waals surface area contributed by atoms with Crippen molar-refractivity contribution in [3.63, 3.8) is 0 Å². The Morgan fingerprint density at radius 2 is 2.06 bits per heavy atom. The number of hydrogen-bond acceptors (Lipinski definition) is 2. The molecule has 0 radical (unpaired) electrons. The molecule has 1 aromatic heterocycles. The molecular formula is C11H8Br2N2O. The number of aryl methyl sites for hydroxylation is 1. The van der Waals surface area contributed by atoms with Gasteiger partial charge in [-0.3, -0.25) is 4.79 Å². The summed E-state index contributed by atoms with van der Waals surface area (Å²) in [6.45, 7) is 1.97. The first-order chi connectivity index (χ1) is 7.59. The van der Waals surface area contributed by atoms with Gasteiger partial charge in [0.25, 0.3) is 5.56 Å². The molecule has 3 nitrogen and oxygen atoms in total. The minimum atomic E-state index is -0.181. The maximum absolute atomic E-state index is 11.9. The highest BCUT2D eigenvalue weighted by Gasteiger charge is 2.07. The molecule has 0 aliphatic carbocycles. The molecule has 16 heavy (non-hydrogen) atoms. The van der Waals surface area contributed by atoms with Gasteiger partial charge in [0.2, 0.25) is 0 Å². The number of hydrogen-bond donors (Lipinski definition) is 0. The van der Waals surface area contributed by atoms with Gasteiger partial charge >= 0.3 is 0 Å². The average Bonchev–Trinajstić information content (AvgIpc) is 2.26. The molecule has 0 aliphatic heterocycles. The van der Waals surface area contributed by atoms with E-state index in [-0.39, 0.29) is 5.56 Å². The molecule has 0 aliphatic rings. The van der Waals surface area contributed by atoms with Crippen LogP contribution in [0.2, 0.25) is 0 Å². The van der Waals surface area contributed by atoms with Crippen LogP contribution in [-0.4, -0.2) is 9.78 Å². The smallest absolute Gasteiger partial charge is 0.266 e. The fourth-order valence-electron chi connectivity index (χ4n) is 1.36. The van der Waals surface area contributed by atoms with E-state index in [4.69, 9.17) is 0 Å². The Morgan fingerprint density at radius 1 is 1.31 bits per heavy atom. The Balaban J connectivity index is 2.66. The zero-order valence-electron chi connectivity index (χ0n) is 8.45. The Bertz CT molecular complexity index is 593. The third-order valence-electron chi connectivity index (χ3n) is 2.12. The molecule has 5 heteroatoms. The summed E-state index contributed by atoms with van der Waals surface area (Å²) in [5.74, 6) is 0. The van der Waals surface area contributed by atoms with E-state index >= 15 is 0 Å². The molecule has 82 valence electrons. The van der Waals surface area contributed by atoms with Crippen LogP contribution in [0.25, 0.3) is 5.69 Å². The third kappa shape index (κ3) is 2.10. The van der Waals surface area contributed by atoms with Crippen LogP contribution >= 0.6 is 31.9 Å². The van der Waals surface area contributed by atoms with Crippen molar-refractivity contribution in [1.29, 1.82) is 0 Å². The number of aromatic nitrogens is 2. The fraction of sp³-hybridized carbons (Fsp3) is 0.0909. The SMILES string of the molecule is Cc1cccc(-n2ncc(Br)c(Br)c2=O)c1. The molecule has 0 bridgehead atoms. The Morgan fingerprint density at radius 3 is 2.75 bits per heavy atom. The minimum absolute atomic E-state index is 0.181. The maximum Gasteiger partial charge on any atom is 0.286 e. The molecule has 0 atom stereocenters. The van der Waals surface area contributed by atoms with Crippen LogP contribution in [0.1, 0.15) is 5.56 Å². The van der Waals surface area contributed by atoms with Gasteiger partial charge in [0.15, 0.2) is 0 Å². The highest BCUT2D eigenvalue weighted by atomic mass is 79.9. The normalized spacial score (nSPS) is 10.4. The highest BCUT2D eigenvalue weighted by molar-refractivity contribution is 9.13. The lowest BCUT2D eigenvalue weighted by Crippen LogP contribution is -2.21. The molecule has 0 N–H and O–H groups in total. The zero-order valence-corrected chi connectivity index (χ0v) is 11.6. The van der Waals surface area contributed by atoms with Crippen LogP contribution in [0, 0.1) is 6.92 Å². The summed E-state index contributed by atoms with van der Waals surface area (Å²) in [4.78, 5) is 11.9. The largest absolute Gasteiger partial charge is 0.286 e. The van der Waals surface area contributed by atoms with Gasteiger partial charge in [-0.15, -0.1) is 0 Å². The van der Waals surface area contributed by atoms with E-state index in [1.165, 1.54) is 4.68 Å². The van der Waals surface area contributed by atoms with E-state index in [1.807, 2.05) is 31.2 Å². The van der Waals surface area contributed by atoms with Gasteiger partial charge in [-0.05, 0) is 56.5 Å². The molecule has 2 aromatic rings. The second-order valence-electron chi connectivity index (χ2n) is 3.36. The summed E-state index contributed by atoms with van der Waals surface area (Å²) in [7, 11) is 0. The van der Waals surface area contributed by atoms with E-state index < -0.39 is 0 Å².